The van der Waals surface area contributed by atoms with E-state index in [4.69, 9.17) is 4.74 Å². The third kappa shape index (κ3) is 5.13. The van der Waals surface area contributed by atoms with Crippen molar-refractivity contribution in [2.75, 3.05) is 50.9 Å². The number of aryl methyl sites for hydroxylation is 2. The molecule has 0 bridgehead atoms. The Morgan fingerprint density at radius 1 is 1.21 bits per heavy atom. The van der Waals surface area contributed by atoms with Crippen LogP contribution >= 0.6 is 0 Å². The second-order valence-corrected chi connectivity index (χ2v) is 11.8. The van der Waals surface area contributed by atoms with E-state index in [-0.39, 0.29) is 16.4 Å². The molecule has 28 heavy (non-hydrogen) atoms. The van der Waals surface area contributed by atoms with Gasteiger partial charge in [-0.2, -0.15) is 4.31 Å². The summed E-state index contributed by atoms with van der Waals surface area (Å²) in [5.41, 5.74) is 1.69. The summed E-state index contributed by atoms with van der Waals surface area (Å²) < 4.78 is 57.7. The van der Waals surface area contributed by atoms with Gasteiger partial charge in [0.1, 0.15) is 0 Å². The second kappa shape index (κ2) is 8.79. The molecule has 7 nitrogen and oxygen atoms in total. The molecule has 0 spiro atoms. The van der Waals surface area contributed by atoms with Gasteiger partial charge in [0.05, 0.1) is 29.6 Å². The van der Waals surface area contributed by atoms with Gasteiger partial charge in [-0.1, -0.05) is 17.7 Å². The predicted octanol–water partition coefficient (Wildman–Crippen LogP) is 1.20. The largest absolute Gasteiger partial charge is 0.379 e. The minimum absolute atomic E-state index is 0.0556. The summed E-state index contributed by atoms with van der Waals surface area (Å²) in [5, 5.41) is 0. The lowest BCUT2D eigenvalue weighted by molar-refractivity contribution is 0.0367. The Hall–Kier alpha value is -1.00. The maximum Gasteiger partial charge on any atom is 0.243 e. The van der Waals surface area contributed by atoms with Gasteiger partial charge in [-0.05, 0) is 44.9 Å². The molecular formula is C19H30N2O5S2. The molecule has 1 atom stereocenters. The quantitative estimate of drug-likeness (QED) is 0.646. The Morgan fingerprint density at radius 2 is 1.93 bits per heavy atom. The van der Waals surface area contributed by atoms with Crippen LogP contribution < -0.4 is 0 Å². The van der Waals surface area contributed by atoms with Crippen molar-refractivity contribution in [3.8, 4) is 0 Å². The smallest absolute Gasteiger partial charge is 0.243 e. The molecule has 2 aliphatic rings. The number of nitrogens with zero attached hydrogens (tertiary/aromatic N) is 2. The molecule has 158 valence electrons. The van der Waals surface area contributed by atoms with Crippen LogP contribution in [0.3, 0.4) is 0 Å². The molecule has 2 heterocycles. The second-order valence-electron chi connectivity index (χ2n) is 7.75. The molecule has 0 aliphatic carbocycles. The van der Waals surface area contributed by atoms with Crippen LogP contribution in [0.15, 0.2) is 23.1 Å². The van der Waals surface area contributed by atoms with Crippen molar-refractivity contribution in [3.63, 3.8) is 0 Å². The van der Waals surface area contributed by atoms with Crippen molar-refractivity contribution in [2.45, 2.75) is 37.6 Å². The van der Waals surface area contributed by atoms with E-state index in [1.807, 2.05) is 13.0 Å². The van der Waals surface area contributed by atoms with E-state index in [9.17, 15) is 16.8 Å². The van der Waals surface area contributed by atoms with Crippen molar-refractivity contribution in [1.82, 2.24) is 9.21 Å². The van der Waals surface area contributed by atoms with Gasteiger partial charge in [0, 0.05) is 25.7 Å². The number of sulfone groups is 1. The van der Waals surface area contributed by atoms with Gasteiger partial charge < -0.3 is 4.74 Å². The minimum Gasteiger partial charge on any atom is -0.379 e. The third-order valence-corrected chi connectivity index (χ3v) is 9.35. The van der Waals surface area contributed by atoms with Crippen molar-refractivity contribution < 1.29 is 21.6 Å². The first kappa shape index (κ1) is 21.7. The molecule has 0 amide bonds. The standard InChI is InChI=1S/C19H30N2O5S2/c1-16-4-5-19(17(2)14-16)28(24,25)21(18-6-13-27(22,23)15-18)8-3-7-20-9-11-26-12-10-20/h4-5,14,18H,3,6-13,15H2,1-2H3. The lowest BCUT2D eigenvalue weighted by atomic mass is 10.2. The zero-order valence-electron chi connectivity index (χ0n) is 16.6. The Labute approximate surface area is 168 Å². The number of rotatable bonds is 7. The van der Waals surface area contributed by atoms with Crippen LogP contribution in [0.4, 0.5) is 0 Å². The number of sulfonamides is 1. The fourth-order valence-corrected chi connectivity index (χ4v) is 7.72. The first-order valence-electron chi connectivity index (χ1n) is 9.79. The van der Waals surface area contributed by atoms with E-state index < -0.39 is 25.9 Å². The number of benzene rings is 1. The highest BCUT2D eigenvalue weighted by atomic mass is 32.2. The normalized spacial score (nSPS) is 23.3. The molecule has 2 aliphatic heterocycles. The molecule has 0 saturated carbocycles. The number of ether oxygens (including phenoxy) is 1. The first-order chi connectivity index (χ1) is 13.2. The van der Waals surface area contributed by atoms with E-state index >= 15 is 0 Å². The fraction of sp³-hybridized carbons (Fsp3) is 0.684. The molecular weight excluding hydrogens is 400 g/mol. The van der Waals surface area contributed by atoms with Crippen LogP contribution in [0.5, 0.6) is 0 Å². The zero-order chi connectivity index (χ0) is 20.4. The summed E-state index contributed by atoms with van der Waals surface area (Å²) >= 11 is 0. The van der Waals surface area contributed by atoms with Crippen LogP contribution in [-0.2, 0) is 24.6 Å². The Balaban J connectivity index is 1.80. The van der Waals surface area contributed by atoms with Crippen molar-refractivity contribution in [2.24, 2.45) is 0 Å². The molecule has 2 saturated heterocycles. The van der Waals surface area contributed by atoms with Crippen LogP contribution in [-0.4, -0.2) is 83.0 Å². The zero-order valence-corrected chi connectivity index (χ0v) is 18.3. The van der Waals surface area contributed by atoms with Crippen LogP contribution in [0, 0.1) is 13.8 Å². The number of hydrogen-bond donors (Lipinski definition) is 0. The Kier molecular flexibility index (Phi) is 6.81. The summed E-state index contributed by atoms with van der Waals surface area (Å²) in [6.07, 6.45) is 1.03. The van der Waals surface area contributed by atoms with Crippen LogP contribution in [0.1, 0.15) is 24.0 Å². The van der Waals surface area contributed by atoms with E-state index in [2.05, 4.69) is 4.90 Å². The van der Waals surface area contributed by atoms with Crippen LogP contribution in [0.25, 0.3) is 0 Å². The van der Waals surface area contributed by atoms with Crippen molar-refractivity contribution in [1.29, 1.82) is 0 Å². The molecule has 0 aromatic heterocycles. The fourth-order valence-electron chi connectivity index (χ4n) is 3.99. The van der Waals surface area contributed by atoms with E-state index in [1.165, 1.54) is 4.31 Å². The van der Waals surface area contributed by atoms with Gasteiger partial charge in [-0.25, -0.2) is 16.8 Å². The van der Waals surface area contributed by atoms with Gasteiger partial charge >= 0.3 is 0 Å². The monoisotopic (exact) mass is 430 g/mol. The van der Waals surface area contributed by atoms with Gasteiger partial charge in [0.2, 0.25) is 10.0 Å². The Morgan fingerprint density at radius 3 is 2.54 bits per heavy atom. The molecule has 0 radical (unpaired) electrons. The minimum atomic E-state index is -3.76. The average molecular weight is 431 g/mol. The summed E-state index contributed by atoms with van der Waals surface area (Å²) in [6, 6.07) is 4.79. The van der Waals surface area contributed by atoms with E-state index in [1.54, 1.807) is 19.1 Å². The molecule has 1 aromatic rings. The van der Waals surface area contributed by atoms with Gasteiger partial charge in [0.15, 0.2) is 9.84 Å². The van der Waals surface area contributed by atoms with Crippen LogP contribution in [0.2, 0.25) is 0 Å². The SMILES string of the molecule is Cc1ccc(S(=O)(=O)N(CCCN2CCOCC2)C2CCS(=O)(=O)C2)c(C)c1. The van der Waals surface area contributed by atoms with Gasteiger partial charge in [-0.15, -0.1) is 0 Å². The lowest BCUT2D eigenvalue weighted by Gasteiger charge is -2.30. The molecule has 9 heteroatoms. The van der Waals surface area contributed by atoms with E-state index in [0.29, 0.717) is 38.2 Å². The summed E-state index contributed by atoms with van der Waals surface area (Å²) in [4.78, 5) is 2.53. The third-order valence-electron chi connectivity index (χ3n) is 5.49. The predicted molar refractivity (Wildman–Crippen MR) is 109 cm³/mol. The number of morpholine rings is 1. The molecule has 3 rings (SSSR count). The lowest BCUT2D eigenvalue weighted by Crippen LogP contribution is -2.43. The van der Waals surface area contributed by atoms with Gasteiger partial charge in [-0.3, -0.25) is 4.90 Å². The number of hydrogen-bond acceptors (Lipinski definition) is 6. The van der Waals surface area contributed by atoms with E-state index in [0.717, 1.165) is 25.2 Å². The molecule has 1 unspecified atom stereocenters. The molecule has 1 aromatic carbocycles. The highest BCUT2D eigenvalue weighted by molar-refractivity contribution is 7.92. The summed E-state index contributed by atoms with van der Waals surface area (Å²) in [7, 11) is -6.94. The highest BCUT2D eigenvalue weighted by Gasteiger charge is 2.39. The maximum atomic E-state index is 13.4. The first-order valence-corrected chi connectivity index (χ1v) is 13.0. The Bertz CT molecular complexity index is 893. The maximum absolute atomic E-state index is 13.4. The molecule has 2 fully saturated rings. The highest BCUT2D eigenvalue weighted by Crippen LogP contribution is 2.27. The van der Waals surface area contributed by atoms with Crippen molar-refractivity contribution >= 4 is 19.9 Å². The summed E-state index contributed by atoms with van der Waals surface area (Å²) in [6.45, 7) is 7.92. The topological polar surface area (TPSA) is 84.0 Å². The average Bonchev–Trinajstić information content (AvgIpc) is 2.98. The van der Waals surface area contributed by atoms with Crippen molar-refractivity contribution in [3.05, 3.63) is 29.3 Å². The summed E-state index contributed by atoms with van der Waals surface area (Å²) in [5.74, 6) is -0.0330. The molecule has 0 N–H and O–H groups in total. The van der Waals surface area contributed by atoms with Gasteiger partial charge in [0.25, 0.3) is 0 Å².